The lowest BCUT2D eigenvalue weighted by molar-refractivity contribution is 0.0288. The van der Waals surface area contributed by atoms with E-state index in [4.69, 9.17) is 9.84 Å². The lowest BCUT2D eigenvalue weighted by Crippen LogP contribution is -2.35. The number of amides is 1. The molecule has 0 bridgehead atoms. The van der Waals surface area contributed by atoms with E-state index in [9.17, 15) is 4.79 Å². The van der Waals surface area contributed by atoms with Gasteiger partial charge in [-0.2, -0.15) is 5.10 Å². The first-order valence-electron chi connectivity index (χ1n) is 10.1. The third kappa shape index (κ3) is 4.10. The third-order valence-corrected chi connectivity index (χ3v) is 5.15. The van der Waals surface area contributed by atoms with Crippen molar-refractivity contribution in [2.45, 2.75) is 78.9 Å². The SMILES string of the molecule is Cc1ccc(C)n1-c1cc(C(C)(C)C)n(C2CCN(C(=O)OC(C)(C)C)C2)n1. The summed E-state index contributed by atoms with van der Waals surface area (Å²) in [5, 5.41) is 4.99. The highest BCUT2D eigenvalue weighted by Crippen LogP contribution is 2.32. The van der Waals surface area contributed by atoms with Crippen LogP contribution in [0.25, 0.3) is 5.82 Å². The molecule has 1 atom stereocenters. The summed E-state index contributed by atoms with van der Waals surface area (Å²) in [6, 6.07) is 6.58. The quantitative estimate of drug-likeness (QED) is 0.747. The fourth-order valence-corrected chi connectivity index (χ4v) is 3.79. The first-order chi connectivity index (χ1) is 12.9. The molecule has 0 N–H and O–H groups in total. The maximum Gasteiger partial charge on any atom is 0.410 e. The number of carbonyl (C=O) groups is 1. The van der Waals surface area contributed by atoms with Crippen molar-refractivity contribution in [3.8, 4) is 5.82 Å². The van der Waals surface area contributed by atoms with Crippen molar-refractivity contribution in [2.24, 2.45) is 0 Å². The maximum absolute atomic E-state index is 12.5. The van der Waals surface area contributed by atoms with Gasteiger partial charge in [0.15, 0.2) is 5.82 Å². The number of carbonyl (C=O) groups excluding carboxylic acids is 1. The summed E-state index contributed by atoms with van der Waals surface area (Å²) in [7, 11) is 0. The summed E-state index contributed by atoms with van der Waals surface area (Å²) >= 11 is 0. The molecule has 0 aromatic carbocycles. The second kappa shape index (κ2) is 6.98. The van der Waals surface area contributed by atoms with E-state index in [0.29, 0.717) is 13.1 Å². The molecule has 6 heteroatoms. The minimum absolute atomic E-state index is 0.0421. The van der Waals surface area contributed by atoms with Crippen molar-refractivity contribution in [2.75, 3.05) is 13.1 Å². The number of nitrogens with zero attached hydrogens (tertiary/aromatic N) is 4. The van der Waals surface area contributed by atoms with E-state index >= 15 is 0 Å². The van der Waals surface area contributed by atoms with Gasteiger partial charge in [0, 0.05) is 41.7 Å². The van der Waals surface area contributed by atoms with Crippen LogP contribution in [0.5, 0.6) is 0 Å². The Kier molecular flexibility index (Phi) is 5.11. The number of aryl methyl sites for hydroxylation is 2. The summed E-state index contributed by atoms with van der Waals surface area (Å²) in [6.07, 6.45) is 0.643. The summed E-state index contributed by atoms with van der Waals surface area (Å²) in [5.41, 5.74) is 3.01. The van der Waals surface area contributed by atoms with Gasteiger partial charge in [-0.25, -0.2) is 4.79 Å². The van der Waals surface area contributed by atoms with Crippen LogP contribution in [-0.2, 0) is 10.2 Å². The first-order valence-corrected chi connectivity index (χ1v) is 10.1. The Hall–Kier alpha value is -2.24. The van der Waals surface area contributed by atoms with Crippen molar-refractivity contribution in [1.82, 2.24) is 19.2 Å². The molecule has 28 heavy (non-hydrogen) atoms. The van der Waals surface area contributed by atoms with Gasteiger partial charge >= 0.3 is 6.09 Å². The van der Waals surface area contributed by atoms with Crippen molar-refractivity contribution in [3.63, 3.8) is 0 Å². The van der Waals surface area contributed by atoms with Gasteiger partial charge in [-0.3, -0.25) is 4.68 Å². The van der Waals surface area contributed by atoms with Crippen molar-refractivity contribution in [3.05, 3.63) is 35.3 Å². The fourth-order valence-electron chi connectivity index (χ4n) is 3.79. The maximum atomic E-state index is 12.5. The summed E-state index contributed by atoms with van der Waals surface area (Å²) in [6.45, 7) is 17.8. The van der Waals surface area contributed by atoms with Gasteiger partial charge in [0.1, 0.15) is 5.60 Å². The number of hydrogen-bond donors (Lipinski definition) is 0. The van der Waals surface area contributed by atoms with Crippen LogP contribution >= 0.6 is 0 Å². The molecule has 3 rings (SSSR count). The van der Waals surface area contributed by atoms with Crippen molar-refractivity contribution >= 4 is 6.09 Å². The average Bonchev–Trinajstić information content (AvgIpc) is 3.23. The van der Waals surface area contributed by atoms with Crippen LogP contribution in [-0.4, -0.2) is 44.0 Å². The van der Waals surface area contributed by atoms with Crippen LogP contribution in [0.15, 0.2) is 18.2 Å². The van der Waals surface area contributed by atoms with Crippen molar-refractivity contribution < 1.29 is 9.53 Å². The molecule has 0 spiro atoms. The number of aromatic nitrogens is 3. The molecule has 2 aromatic heterocycles. The minimum atomic E-state index is -0.478. The topological polar surface area (TPSA) is 52.3 Å². The van der Waals surface area contributed by atoms with Gasteiger partial charge in [0.05, 0.1) is 6.04 Å². The lowest BCUT2D eigenvalue weighted by atomic mass is 9.91. The van der Waals surface area contributed by atoms with Gasteiger partial charge in [0.25, 0.3) is 0 Å². The van der Waals surface area contributed by atoms with Crippen molar-refractivity contribution in [1.29, 1.82) is 0 Å². The van der Waals surface area contributed by atoms with E-state index in [1.165, 1.54) is 17.1 Å². The number of hydrogen-bond acceptors (Lipinski definition) is 3. The van der Waals surface area contributed by atoms with Crippen LogP contribution in [0, 0.1) is 13.8 Å². The molecule has 3 heterocycles. The molecule has 0 aliphatic carbocycles. The van der Waals surface area contributed by atoms with E-state index < -0.39 is 5.60 Å². The third-order valence-electron chi connectivity index (χ3n) is 5.15. The smallest absolute Gasteiger partial charge is 0.410 e. The van der Waals surface area contributed by atoms with E-state index in [0.717, 1.165) is 12.2 Å². The zero-order valence-corrected chi connectivity index (χ0v) is 18.5. The molecule has 1 amide bonds. The van der Waals surface area contributed by atoms with Gasteiger partial charge in [-0.1, -0.05) is 20.8 Å². The zero-order chi connectivity index (χ0) is 20.9. The molecule has 1 aliphatic rings. The highest BCUT2D eigenvalue weighted by molar-refractivity contribution is 5.68. The Labute approximate surface area is 168 Å². The van der Waals surface area contributed by atoms with Gasteiger partial charge < -0.3 is 14.2 Å². The van der Waals surface area contributed by atoms with Crippen LogP contribution in [0.4, 0.5) is 4.79 Å². The number of likely N-dealkylation sites (tertiary alicyclic amines) is 1. The zero-order valence-electron chi connectivity index (χ0n) is 18.5. The molecule has 1 unspecified atom stereocenters. The van der Waals surface area contributed by atoms with Crippen LogP contribution in [0.1, 0.15) is 71.1 Å². The summed E-state index contributed by atoms with van der Waals surface area (Å²) < 4.78 is 9.88. The van der Waals surface area contributed by atoms with Crippen LogP contribution < -0.4 is 0 Å². The normalized spacial score (nSPS) is 18.0. The summed E-state index contributed by atoms with van der Waals surface area (Å²) in [5.74, 6) is 0.945. The largest absolute Gasteiger partial charge is 0.444 e. The Bertz CT molecular complexity index is 845. The minimum Gasteiger partial charge on any atom is -0.444 e. The van der Waals surface area contributed by atoms with Gasteiger partial charge in [-0.05, 0) is 53.2 Å². The molecule has 154 valence electrons. The number of rotatable bonds is 2. The van der Waals surface area contributed by atoms with Gasteiger partial charge in [-0.15, -0.1) is 0 Å². The van der Waals surface area contributed by atoms with E-state index in [1.54, 1.807) is 4.90 Å². The van der Waals surface area contributed by atoms with Crippen LogP contribution in [0.3, 0.4) is 0 Å². The Balaban J connectivity index is 1.91. The first kappa shape index (κ1) is 20.5. The van der Waals surface area contributed by atoms with E-state index in [-0.39, 0.29) is 17.6 Å². The predicted molar refractivity (Wildman–Crippen MR) is 111 cm³/mol. The monoisotopic (exact) mass is 386 g/mol. The molecule has 1 fully saturated rings. The Morgan fingerprint density at radius 3 is 2.25 bits per heavy atom. The molecular weight excluding hydrogens is 352 g/mol. The standard InChI is InChI=1S/C22H34N4O2/c1-15-9-10-16(2)25(15)19-13-18(21(3,4)5)26(23-19)17-11-12-24(14-17)20(27)28-22(6,7)8/h9-10,13,17H,11-12,14H2,1-8H3. The average molecular weight is 387 g/mol. The lowest BCUT2D eigenvalue weighted by Gasteiger charge is -2.25. The molecule has 0 saturated carbocycles. The second-order valence-corrected chi connectivity index (χ2v) is 9.90. The molecule has 2 aromatic rings. The molecule has 0 radical (unpaired) electrons. The molecule has 1 saturated heterocycles. The molecular formula is C22H34N4O2. The van der Waals surface area contributed by atoms with Gasteiger partial charge in [0.2, 0.25) is 0 Å². The number of ether oxygens (including phenoxy) is 1. The fraction of sp³-hybridized carbons (Fsp3) is 0.636. The van der Waals surface area contributed by atoms with E-state index in [2.05, 4.69) is 62.1 Å². The second-order valence-electron chi connectivity index (χ2n) is 9.90. The highest BCUT2D eigenvalue weighted by atomic mass is 16.6. The highest BCUT2D eigenvalue weighted by Gasteiger charge is 2.34. The predicted octanol–water partition coefficient (Wildman–Crippen LogP) is 4.77. The van der Waals surface area contributed by atoms with E-state index in [1.807, 2.05) is 20.8 Å². The Morgan fingerprint density at radius 2 is 1.71 bits per heavy atom. The molecule has 1 aliphatic heterocycles. The molecule has 6 nitrogen and oxygen atoms in total. The van der Waals surface area contributed by atoms with Crippen LogP contribution in [0.2, 0.25) is 0 Å². The Morgan fingerprint density at radius 1 is 1.11 bits per heavy atom. The summed E-state index contributed by atoms with van der Waals surface area (Å²) in [4.78, 5) is 14.3.